The summed E-state index contributed by atoms with van der Waals surface area (Å²) >= 11 is 0. The van der Waals surface area contributed by atoms with Crippen LogP contribution in [0.1, 0.15) is 63.6 Å². The Hall–Kier alpha value is -4.57. The first kappa shape index (κ1) is 33.8. The van der Waals surface area contributed by atoms with Crippen LogP contribution >= 0.6 is 0 Å². The number of ether oxygens (including phenoxy) is 2. The Balaban J connectivity index is 1.32. The van der Waals surface area contributed by atoms with Crippen molar-refractivity contribution in [3.63, 3.8) is 0 Å². The summed E-state index contributed by atoms with van der Waals surface area (Å²) in [7, 11) is 1.69. The van der Waals surface area contributed by atoms with Gasteiger partial charge in [0.2, 0.25) is 11.5 Å². The predicted molar refractivity (Wildman–Crippen MR) is 183 cm³/mol. The molecule has 0 aliphatic carbocycles. The van der Waals surface area contributed by atoms with Gasteiger partial charge >= 0.3 is 6.09 Å². The predicted octanol–water partition coefficient (Wildman–Crippen LogP) is 5.97. The van der Waals surface area contributed by atoms with E-state index < -0.39 is 17.7 Å². The van der Waals surface area contributed by atoms with Gasteiger partial charge in [-0.15, -0.1) is 0 Å². The topological polar surface area (TPSA) is 126 Å². The van der Waals surface area contributed by atoms with Crippen LogP contribution in [0.4, 0.5) is 4.79 Å². The number of aromatic amines is 1. The lowest BCUT2D eigenvalue weighted by molar-refractivity contribution is -0.132. The van der Waals surface area contributed by atoms with Gasteiger partial charge in [0.15, 0.2) is 0 Å². The molecular formula is C37H46N4O6. The van der Waals surface area contributed by atoms with Crippen LogP contribution in [0.5, 0.6) is 5.75 Å². The number of nitrogens with one attached hydrogen (secondary N) is 2. The van der Waals surface area contributed by atoms with Crippen molar-refractivity contribution in [1.82, 2.24) is 19.8 Å². The van der Waals surface area contributed by atoms with Crippen LogP contribution in [0.2, 0.25) is 0 Å². The number of nitrogens with zero attached hydrogens (tertiary/aromatic N) is 2. The number of fused-ring (bicyclic) bond motifs is 1. The molecule has 0 radical (unpaired) electrons. The van der Waals surface area contributed by atoms with Gasteiger partial charge in [-0.2, -0.15) is 0 Å². The van der Waals surface area contributed by atoms with Crippen molar-refractivity contribution < 1.29 is 24.2 Å². The number of rotatable bonds is 11. The average Bonchev–Trinajstić information content (AvgIpc) is 3.41. The first-order valence-corrected chi connectivity index (χ1v) is 16.4. The van der Waals surface area contributed by atoms with Crippen LogP contribution in [0.15, 0.2) is 71.7 Å². The minimum Gasteiger partial charge on any atom is -0.507 e. The normalized spacial score (nSPS) is 15.8. The number of amides is 2. The standard InChI is InChI=1S/C37H46N4O6/c1-37(2,3)47-36(45)39-29(20-25-11-13-26(14-12-25)27-15-16-34(43)38-23-27)21-35(44)40-17-6-8-28(24-40)32-22-30-31(9-5-10-33(30)42)41(32)18-7-19-46-4/h5,9-16,22-23,28-29,42H,6-8,17-21,24H2,1-4H3,(H,38,43)(H,39,45)/t28?,29-/m1/s1. The number of hydrogen-bond acceptors (Lipinski definition) is 6. The molecular weight excluding hydrogens is 596 g/mol. The molecule has 1 saturated heterocycles. The lowest BCUT2D eigenvalue weighted by Crippen LogP contribution is -2.46. The van der Waals surface area contributed by atoms with E-state index in [2.05, 4.69) is 20.9 Å². The van der Waals surface area contributed by atoms with E-state index in [9.17, 15) is 19.5 Å². The summed E-state index contributed by atoms with van der Waals surface area (Å²) < 4.78 is 13.1. The zero-order valence-corrected chi connectivity index (χ0v) is 27.8. The second-order valence-electron chi connectivity index (χ2n) is 13.3. The second kappa shape index (κ2) is 14.9. The molecule has 5 rings (SSSR count). The maximum Gasteiger partial charge on any atom is 0.407 e. The fourth-order valence-electron chi connectivity index (χ4n) is 6.39. The van der Waals surface area contributed by atoms with Gasteiger partial charge < -0.3 is 34.3 Å². The summed E-state index contributed by atoms with van der Waals surface area (Å²) in [6.07, 6.45) is 4.33. The molecule has 0 bridgehead atoms. The Labute approximate surface area is 275 Å². The summed E-state index contributed by atoms with van der Waals surface area (Å²) in [5.41, 5.74) is 4.06. The van der Waals surface area contributed by atoms with Gasteiger partial charge in [-0.3, -0.25) is 9.59 Å². The second-order valence-corrected chi connectivity index (χ2v) is 13.3. The number of aromatic nitrogens is 2. The molecule has 3 N–H and O–H groups in total. The molecule has 1 aliphatic rings. The van der Waals surface area contributed by atoms with E-state index in [1.807, 2.05) is 62.1 Å². The van der Waals surface area contributed by atoms with Crippen molar-refractivity contribution in [3.8, 4) is 16.9 Å². The van der Waals surface area contributed by atoms with E-state index in [0.29, 0.717) is 26.1 Å². The van der Waals surface area contributed by atoms with Gasteiger partial charge in [0.1, 0.15) is 11.4 Å². The van der Waals surface area contributed by atoms with E-state index in [0.717, 1.165) is 59.1 Å². The number of benzene rings is 2. The average molecular weight is 643 g/mol. The maximum absolute atomic E-state index is 13.9. The van der Waals surface area contributed by atoms with Gasteiger partial charge in [-0.05, 0) is 87.4 Å². The summed E-state index contributed by atoms with van der Waals surface area (Å²) in [6, 6.07) is 18.3. The van der Waals surface area contributed by atoms with E-state index in [1.165, 1.54) is 6.07 Å². The third kappa shape index (κ3) is 8.83. The van der Waals surface area contributed by atoms with E-state index in [1.54, 1.807) is 25.4 Å². The molecule has 2 amide bonds. The zero-order valence-electron chi connectivity index (χ0n) is 27.8. The highest BCUT2D eigenvalue weighted by Gasteiger charge is 2.30. The van der Waals surface area contributed by atoms with Crippen molar-refractivity contribution in [3.05, 3.63) is 88.5 Å². The lowest BCUT2D eigenvalue weighted by Gasteiger charge is -2.34. The van der Waals surface area contributed by atoms with Crippen LogP contribution < -0.4 is 10.9 Å². The summed E-state index contributed by atoms with van der Waals surface area (Å²) in [6.45, 7) is 8.03. The molecule has 10 heteroatoms. The molecule has 2 aromatic carbocycles. The number of carbonyl (C=O) groups is 2. The fourth-order valence-corrected chi connectivity index (χ4v) is 6.39. The number of hydrogen-bond donors (Lipinski definition) is 3. The first-order chi connectivity index (χ1) is 22.5. The van der Waals surface area contributed by atoms with Crippen LogP contribution in [0.3, 0.4) is 0 Å². The highest BCUT2D eigenvalue weighted by molar-refractivity contribution is 5.87. The van der Waals surface area contributed by atoms with Gasteiger partial charge in [-0.25, -0.2) is 4.79 Å². The van der Waals surface area contributed by atoms with Crippen LogP contribution in [0.25, 0.3) is 22.0 Å². The van der Waals surface area contributed by atoms with Crippen molar-refractivity contribution in [1.29, 1.82) is 0 Å². The van der Waals surface area contributed by atoms with Crippen LogP contribution in [0, 0.1) is 0 Å². The molecule has 4 aromatic rings. The number of alkyl carbamates (subject to hydrolysis) is 1. The number of phenols is 1. The van der Waals surface area contributed by atoms with Crippen molar-refractivity contribution in [2.75, 3.05) is 26.8 Å². The first-order valence-electron chi connectivity index (χ1n) is 16.4. The Kier molecular flexibility index (Phi) is 10.7. The molecule has 3 heterocycles. The molecule has 0 spiro atoms. The molecule has 1 aliphatic heterocycles. The number of carbonyl (C=O) groups excluding carboxylic acids is 2. The van der Waals surface area contributed by atoms with Crippen molar-refractivity contribution >= 4 is 22.9 Å². The quantitative estimate of drug-likeness (QED) is 0.173. The van der Waals surface area contributed by atoms with E-state index in [-0.39, 0.29) is 29.6 Å². The molecule has 10 nitrogen and oxygen atoms in total. The fraction of sp³-hybridized carbons (Fsp3) is 0.432. The largest absolute Gasteiger partial charge is 0.507 e. The number of methoxy groups -OCH3 is 1. The SMILES string of the molecule is COCCCn1c(C2CCCN(C(=O)C[C@@H](Cc3ccc(-c4ccc(=O)[nH]c4)cc3)NC(=O)OC(C)(C)C)C2)cc2c(O)cccc21. The van der Waals surface area contributed by atoms with Gasteiger partial charge in [0, 0.05) is 75.1 Å². The molecule has 1 fully saturated rings. The summed E-state index contributed by atoms with van der Waals surface area (Å²) in [5.74, 6) is 0.339. The van der Waals surface area contributed by atoms with Gasteiger partial charge in [0.25, 0.3) is 0 Å². The minimum absolute atomic E-state index is 0.0227. The highest BCUT2D eigenvalue weighted by Crippen LogP contribution is 2.35. The highest BCUT2D eigenvalue weighted by atomic mass is 16.6. The number of likely N-dealkylation sites (tertiary alicyclic amines) is 1. The van der Waals surface area contributed by atoms with E-state index in [4.69, 9.17) is 9.47 Å². The van der Waals surface area contributed by atoms with Gasteiger partial charge in [0.05, 0.1) is 5.52 Å². The monoisotopic (exact) mass is 642 g/mol. The molecule has 1 unspecified atom stereocenters. The Morgan fingerprint density at radius 1 is 1.09 bits per heavy atom. The number of phenolic OH excluding ortho intramolecular Hbond substituents is 1. The minimum atomic E-state index is -0.673. The lowest BCUT2D eigenvalue weighted by atomic mass is 9.93. The number of pyridine rings is 1. The van der Waals surface area contributed by atoms with Gasteiger partial charge in [-0.1, -0.05) is 30.3 Å². The van der Waals surface area contributed by atoms with Crippen LogP contribution in [-0.2, 0) is 27.2 Å². The number of aromatic hydroxyl groups is 1. The van der Waals surface area contributed by atoms with E-state index >= 15 is 0 Å². The number of aryl methyl sites for hydroxylation is 1. The third-order valence-corrected chi connectivity index (χ3v) is 8.57. The Bertz CT molecular complexity index is 1720. The molecule has 250 valence electrons. The number of piperidine rings is 1. The smallest absolute Gasteiger partial charge is 0.407 e. The van der Waals surface area contributed by atoms with Crippen molar-refractivity contribution in [2.24, 2.45) is 0 Å². The van der Waals surface area contributed by atoms with Crippen LogP contribution in [-0.4, -0.2) is 70.0 Å². The molecule has 47 heavy (non-hydrogen) atoms. The molecule has 0 saturated carbocycles. The summed E-state index contributed by atoms with van der Waals surface area (Å²) in [4.78, 5) is 42.8. The molecule has 2 aromatic heterocycles. The Morgan fingerprint density at radius 2 is 1.85 bits per heavy atom. The Morgan fingerprint density at radius 3 is 2.55 bits per heavy atom. The summed E-state index contributed by atoms with van der Waals surface area (Å²) in [5, 5.41) is 14.4. The maximum atomic E-state index is 13.9. The van der Waals surface area contributed by atoms with Crippen molar-refractivity contribution in [2.45, 2.75) is 77.0 Å². The number of H-pyrrole nitrogens is 1. The molecule has 2 atom stereocenters. The third-order valence-electron chi connectivity index (χ3n) is 8.57. The zero-order chi connectivity index (χ0) is 33.6.